The minimum atomic E-state index is 0.151. The number of carbonyl (C=O) groups excluding carboxylic acids is 1. The number of benzene rings is 3. The molecule has 0 radical (unpaired) electrons. The highest BCUT2D eigenvalue weighted by Gasteiger charge is 2.19. The maximum Gasteiger partial charge on any atom is 0.236 e. The van der Waals surface area contributed by atoms with E-state index in [9.17, 15) is 4.79 Å². The Morgan fingerprint density at radius 3 is 2.47 bits per heavy atom. The fourth-order valence-corrected chi connectivity index (χ4v) is 4.81. The van der Waals surface area contributed by atoms with Gasteiger partial charge in [0.25, 0.3) is 0 Å². The van der Waals surface area contributed by atoms with Gasteiger partial charge in [-0.3, -0.25) is 4.79 Å². The summed E-state index contributed by atoms with van der Waals surface area (Å²) in [4.78, 5) is 18.9. The first kappa shape index (κ1) is 24.2. The topological polar surface area (TPSA) is 57.3 Å². The zero-order chi connectivity index (χ0) is 24.7. The molecule has 2 fully saturated rings. The zero-order valence-electron chi connectivity index (χ0n) is 20.9. The van der Waals surface area contributed by atoms with Gasteiger partial charge in [-0.05, 0) is 59.7 Å². The Kier molecular flexibility index (Phi) is 7.69. The SMILES string of the molecule is COc1cccc(CN(c2ccc(N3CCOCC3)cc2)c2cccc(CN3CCNCC3=O)c2)c1. The molecule has 3 aromatic carbocycles. The summed E-state index contributed by atoms with van der Waals surface area (Å²) in [7, 11) is 1.70. The number of rotatable bonds is 8. The molecule has 7 nitrogen and oxygen atoms in total. The van der Waals surface area contributed by atoms with Crippen LogP contribution in [0.3, 0.4) is 0 Å². The lowest BCUT2D eigenvalue weighted by Gasteiger charge is -2.31. The summed E-state index contributed by atoms with van der Waals surface area (Å²) >= 11 is 0. The average Bonchev–Trinajstić information content (AvgIpc) is 2.94. The van der Waals surface area contributed by atoms with Crippen LogP contribution in [0.1, 0.15) is 11.1 Å². The van der Waals surface area contributed by atoms with Crippen molar-refractivity contribution in [2.24, 2.45) is 0 Å². The highest BCUT2D eigenvalue weighted by atomic mass is 16.5. The second-order valence-electron chi connectivity index (χ2n) is 9.22. The van der Waals surface area contributed by atoms with Crippen LogP contribution in [0, 0.1) is 0 Å². The third-order valence-electron chi connectivity index (χ3n) is 6.80. The van der Waals surface area contributed by atoms with E-state index in [2.05, 4.69) is 75.8 Å². The number of nitrogens with zero attached hydrogens (tertiary/aromatic N) is 3. The summed E-state index contributed by atoms with van der Waals surface area (Å²) in [6, 6.07) is 25.5. The summed E-state index contributed by atoms with van der Waals surface area (Å²) in [5.41, 5.74) is 5.72. The first-order valence-corrected chi connectivity index (χ1v) is 12.6. The van der Waals surface area contributed by atoms with Crippen molar-refractivity contribution in [3.8, 4) is 5.75 Å². The molecule has 1 amide bonds. The summed E-state index contributed by atoms with van der Waals surface area (Å²) in [5.74, 6) is 1.000. The summed E-state index contributed by atoms with van der Waals surface area (Å²) in [5, 5.41) is 3.15. The van der Waals surface area contributed by atoms with Gasteiger partial charge in [0, 0.05) is 56.3 Å². The Hall–Kier alpha value is -3.55. The van der Waals surface area contributed by atoms with Gasteiger partial charge < -0.3 is 29.5 Å². The van der Waals surface area contributed by atoms with Crippen molar-refractivity contribution < 1.29 is 14.3 Å². The zero-order valence-corrected chi connectivity index (χ0v) is 20.9. The molecule has 3 aromatic rings. The number of methoxy groups -OCH3 is 1. The van der Waals surface area contributed by atoms with Crippen molar-refractivity contribution in [2.75, 3.05) is 62.8 Å². The second-order valence-corrected chi connectivity index (χ2v) is 9.22. The first-order valence-electron chi connectivity index (χ1n) is 12.6. The standard InChI is InChI=1S/C29H34N4O3/c1-35-28-7-3-5-24(19-28)22-33(26-10-8-25(9-11-26)31-14-16-36-17-15-31)27-6-2-4-23(18-27)21-32-13-12-30-20-29(32)34/h2-11,18-19,30H,12-17,20-22H2,1H3. The van der Waals surface area contributed by atoms with Crippen molar-refractivity contribution in [3.05, 3.63) is 83.9 Å². The Morgan fingerprint density at radius 1 is 0.917 bits per heavy atom. The molecule has 0 aliphatic carbocycles. The lowest BCUT2D eigenvalue weighted by atomic mass is 10.1. The van der Waals surface area contributed by atoms with Crippen LogP contribution in [0.15, 0.2) is 72.8 Å². The number of piperazine rings is 1. The second kappa shape index (κ2) is 11.5. The van der Waals surface area contributed by atoms with E-state index in [4.69, 9.17) is 9.47 Å². The largest absolute Gasteiger partial charge is 0.497 e. The molecule has 0 spiro atoms. The minimum Gasteiger partial charge on any atom is -0.497 e. The van der Waals surface area contributed by atoms with E-state index in [0.717, 1.165) is 67.6 Å². The van der Waals surface area contributed by atoms with Crippen molar-refractivity contribution >= 4 is 23.0 Å². The fourth-order valence-electron chi connectivity index (χ4n) is 4.81. The molecule has 2 aliphatic rings. The van der Waals surface area contributed by atoms with E-state index in [1.54, 1.807) is 7.11 Å². The summed E-state index contributed by atoms with van der Waals surface area (Å²) in [6.07, 6.45) is 0. The van der Waals surface area contributed by atoms with Crippen molar-refractivity contribution in [3.63, 3.8) is 0 Å². The Labute approximate surface area is 213 Å². The number of amides is 1. The van der Waals surface area contributed by atoms with Gasteiger partial charge in [0.2, 0.25) is 5.91 Å². The molecule has 0 bridgehead atoms. The number of carbonyl (C=O) groups is 1. The van der Waals surface area contributed by atoms with Gasteiger partial charge in [-0.2, -0.15) is 0 Å². The normalized spacial score (nSPS) is 16.2. The molecule has 5 rings (SSSR count). The molecular weight excluding hydrogens is 452 g/mol. The Balaban J connectivity index is 1.43. The summed E-state index contributed by atoms with van der Waals surface area (Å²) in [6.45, 7) is 6.68. The van der Waals surface area contributed by atoms with E-state index >= 15 is 0 Å². The number of hydrogen-bond donors (Lipinski definition) is 1. The van der Waals surface area contributed by atoms with Gasteiger partial charge in [-0.1, -0.05) is 24.3 Å². The third kappa shape index (κ3) is 5.80. The maximum absolute atomic E-state index is 12.3. The highest BCUT2D eigenvalue weighted by molar-refractivity contribution is 5.79. The highest BCUT2D eigenvalue weighted by Crippen LogP contribution is 2.31. The number of nitrogens with one attached hydrogen (secondary N) is 1. The molecule has 0 saturated carbocycles. The minimum absolute atomic E-state index is 0.151. The van der Waals surface area contributed by atoms with Gasteiger partial charge in [0.05, 0.1) is 26.9 Å². The number of anilines is 3. The molecule has 0 aromatic heterocycles. The smallest absolute Gasteiger partial charge is 0.236 e. The van der Waals surface area contributed by atoms with Crippen LogP contribution in [-0.4, -0.2) is 63.9 Å². The lowest BCUT2D eigenvalue weighted by molar-refractivity contribution is -0.132. The predicted molar refractivity (Wildman–Crippen MR) is 143 cm³/mol. The molecule has 36 heavy (non-hydrogen) atoms. The average molecular weight is 487 g/mol. The number of ether oxygens (including phenoxy) is 2. The van der Waals surface area contributed by atoms with Gasteiger partial charge in [0.15, 0.2) is 0 Å². The van der Waals surface area contributed by atoms with Crippen LogP contribution >= 0.6 is 0 Å². The van der Waals surface area contributed by atoms with Crippen LogP contribution in [-0.2, 0) is 22.6 Å². The van der Waals surface area contributed by atoms with E-state index < -0.39 is 0 Å². The van der Waals surface area contributed by atoms with E-state index in [1.807, 2.05) is 17.0 Å². The monoisotopic (exact) mass is 486 g/mol. The Bertz CT molecular complexity index is 1160. The summed E-state index contributed by atoms with van der Waals surface area (Å²) < 4.78 is 11.0. The van der Waals surface area contributed by atoms with Gasteiger partial charge in [0.1, 0.15) is 5.75 Å². The molecule has 2 saturated heterocycles. The molecule has 188 valence electrons. The number of hydrogen-bond acceptors (Lipinski definition) is 6. The molecule has 7 heteroatoms. The van der Waals surface area contributed by atoms with Crippen LogP contribution in [0.4, 0.5) is 17.1 Å². The number of morpholine rings is 1. The van der Waals surface area contributed by atoms with Crippen molar-refractivity contribution in [2.45, 2.75) is 13.1 Å². The molecule has 0 atom stereocenters. The van der Waals surface area contributed by atoms with E-state index in [-0.39, 0.29) is 5.91 Å². The molecule has 2 aliphatic heterocycles. The quantitative estimate of drug-likeness (QED) is 0.523. The molecule has 1 N–H and O–H groups in total. The van der Waals surface area contributed by atoms with Gasteiger partial charge in [-0.15, -0.1) is 0 Å². The molecular formula is C29H34N4O3. The van der Waals surface area contributed by atoms with Crippen LogP contribution in [0.2, 0.25) is 0 Å². The fraction of sp³-hybridized carbons (Fsp3) is 0.345. The third-order valence-corrected chi connectivity index (χ3v) is 6.80. The van der Waals surface area contributed by atoms with Crippen molar-refractivity contribution in [1.82, 2.24) is 10.2 Å². The van der Waals surface area contributed by atoms with Gasteiger partial charge >= 0.3 is 0 Å². The van der Waals surface area contributed by atoms with Crippen LogP contribution in [0.25, 0.3) is 0 Å². The molecule has 0 unspecified atom stereocenters. The van der Waals surface area contributed by atoms with Crippen LogP contribution < -0.4 is 19.9 Å². The maximum atomic E-state index is 12.3. The lowest BCUT2D eigenvalue weighted by Crippen LogP contribution is -2.47. The van der Waals surface area contributed by atoms with Crippen molar-refractivity contribution in [1.29, 1.82) is 0 Å². The van der Waals surface area contributed by atoms with E-state index in [0.29, 0.717) is 19.6 Å². The van der Waals surface area contributed by atoms with E-state index in [1.165, 1.54) is 5.69 Å². The molecule has 2 heterocycles. The first-order chi connectivity index (χ1) is 17.7. The Morgan fingerprint density at radius 2 is 1.69 bits per heavy atom. The van der Waals surface area contributed by atoms with Crippen LogP contribution in [0.5, 0.6) is 5.75 Å². The predicted octanol–water partition coefficient (Wildman–Crippen LogP) is 3.80. The van der Waals surface area contributed by atoms with Gasteiger partial charge in [-0.25, -0.2) is 0 Å².